The highest BCUT2D eigenvalue weighted by molar-refractivity contribution is 5.76. The van der Waals surface area contributed by atoms with Crippen molar-refractivity contribution < 1.29 is 14.6 Å². The fraction of sp³-hybridized carbons (Fsp3) is 0.188. The number of imidazole rings is 1. The minimum absolute atomic E-state index is 0.124. The summed E-state index contributed by atoms with van der Waals surface area (Å²) in [6.07, 6.45) is 3.16. The highest BCUT2D eigenvalue weighted by Crippen LogP contribution is 2.27. The van der Waals surface area contributed by atoms with Crippen LogP contribution in [0.15, 0.2) is 42.7 Å². The van der Waals surface area contributed by atoms with Gasteiger partial charge in [-0.15, -0.1) is 0 Å². The van der Waals surface area contributed by atoms with Gasteiger partial charge in [-0.2, -0.15) is 0 Å². The normalized spacial score (nSPS) is 10.8. The largest absolute Gasteiger partial charge is 0.481 e. The molecule has 0 aliphatic heterocycles. The standard InChI is InChI=1S/C16H15N3O3/c1-2-22-16-15-18-14(11-6-4-3-5-7-11)12(10-13(20)21)19(15)9-8-17-16/h3-9H,2,10H2,1H3,(H,20,21). The Kier molecular flexibility index (Phi) is 3.74. The van der Waals surface area contributed by atoms with Crippen molar-refractivity contribution in [3.8, 4) is 17.1 Å². The molecule has 6 nitrogen and oxygen atoms in total. The van der Waals surface area contributed by atoms with E-state index < -0.39 is 5.97 Å². The number of aliphatic carboxylic acids is 1. The van der Waals surface area contributed by atoms with E-state index in [1.165, 1.54) is 0 Å². The number of aromatic nitrogens is 3. The third kappa shape index (κ3) is 2.50. The first-order valence-electron chi connectivity index (χ1n) is 6.96. The lowest BCUT2D eigenvalue weighted by atomic mass is 10.1. The molecule has 0 unspecified atom stereocenters. The maximum absolute atomic E-state index is 11.2. The van der Waals surface area contributed by atoms with Gasteiger partial charge in [-0.3, -0.25) is 9.20 Å². The number of carboxylic acids is 1. The zero-order chi connectivity index (χ0) is 15.5. The Hall–Kier alpha value is -2.89. The van der Waals surface area contributed by atoms with E-state index in [-0.39, 0.29) is 6.42 Å². The van der Waals surface area contributed by atoms with Crippen molar-refractivity contribution in [2.24, 2.45) is 0 Å². The summed E-state index contributed by atoms with van der Waals surface area (Å²) in [5.41, 5.74) is 2.64. The van der Waals surface area contributed by atoms with Crippen molar-refractivity contribution in [2.75, 3.05) is 6.61 Å². The molecule has 0 spiro atoms. The number of ether oxygens (including phenoxy) is 1. The fourth-order valence-electron chi connectivity index (χ4n) is 2.38. The van der Waals surface area contributed by atoms with Gasteiger partial charge in [0.2, 0.25) is 5.65 Å². The molecule has 0 bridgehead atoms. The first-order valence-corrected chi connectivity index (χ1v) is 6.96. The van der Waals surface area contributed by atoms with E-state index in [1.54, 1.807) is 16.8 Å². The fourth-order valence-corrected chi connectivity index (χ4v) is 2.38. The van der Waals surface area contributed by atoms with Gasteiger partial charge in [0.1, 0.15) is 0 Å². The number of carboxylic acid groups (broad SMARTS) is 1. The van der Waals surface area contributed by atoms with Crippen LogP contribution in [0, 0.1) is 0 Å². The summed E-state index contributed by atoms with van der Waals surface area (Å²) in [5.74, 6) is -0.507. The molecular formula is C16H15N3O3. The van der Waals surface area contributed by atoms with Gasteiger partial charge >= 0.3 is 5.97 Å². The molecule has 0 saturated heterocycles. The maximum atomic E-state index is 11.2. The van der Waals surface area contributed by atoms with Crippen LogP contribution < -0.4 is 4.74 Å². The molecule has 6 heteroatoms. The molecule has 1 aromatic carbocycles. The van der Waals surface area contributed by atoms with Gasteiger partial charge < -0.3 is 9.84 Å². The second-order valence-electron chi connectivity index (χ2n) is 4.70. The van der Waals surface area contributed by atoms with Crippen molar-refractivity contribution in [3.63, 3.8) is 0 Å². The second-order valence-corrected chi connectivity index (χ2v) is 4.70. The van der Waals surface area contributed by atoms with Crippen LogP contribution in [0.3, 0.4) is 0 Å². The average molecular weight is 297 g/mol. The lowest BCUT2D eigenvalue weighted by Crippen LogP contribution is -2.05. The molecule has 2 aromatic heterocycles. The van der Waals surface area contributed by atoms with Crippen molar-refractivity contribution in [3.05, 3.63) is 48.4 Å². The summed E-state index contributed by atoms with van der Waals surface area (Å²) in [7, 11) is 0. The summed E-state index contributed by atoms with van der Waals surface area (Å²) >= 11 is 0. The summed E-state index contributed by atoms with van der Waals surface area (Å²) in [6.45, 7) is 2.33. The van der Waals surface area contributed by atoms with Crippen LogP contribution in [0.2, 0.25) is 0 Å². The zero-order valence-electron chi connectivity index (χ0n) is 12.1. The van der Waals surface area contributed by atoms with E-state index in [0.29, 0.717) is 29.5 Å². The molecule has 0 aliphatic rings. The summed E-state index contributed by atoms with van der Waals surface area (Å²) < 4.78 is 7.22. The van der Waals surface area contributed by atoms with Crippen LogP contribution in [0.25, 0.3) is 16.9 Å². The molecule has 22 heavy (non-hydrogen) atoms. The number of hydrogen-bond donors (Lipinski definition) is 1. The van der Waals surface area contributed by atoms with Crippen molar-refractivity contribution in [1.29, 1.82) is 0 Å². The molecule has 0 atom stereocenters. The van der Waals surface area contributed by atoms with Crippen LogP contribution in [0.5, 0.6) is 5.88 Å². The minimum atomic E-state index is -0.909. The molecular weight excluding hydrogens is 282 g/mol. The third-order valence-corrected chi connectivity index (χ3v) is 3.26. The highest BCUT2D eigenvalue weighted by Gasteiger charge is 2.19. The van der Waals surface area contributed by atoms with Crippen LogP contribution >= 0.6 is 0 Å². The lowest BCUT2D eigenvalue weighted by molar-refractivity contribution is -0.136. The van der Waals surface area contributed by atoms with Gasteiger partial charge in [0.15, 0.2) is 0 Å². The molecule has 0 saturated carbocycles. The number of benzene rings is 1. The number of hydrogen-bond acceptors (Lipinski definition) is 4. The molecule has 3 rings (SSSR count). The molecule has 0 fully saturated rings. The Bertz CT molecular complexity index is 812. The van der Waals surface area contributed by atoms with E-state index in [4.69, 9.17) is 4.74 Å². The molecule has 3 aromatic rings. The van der Waals surface area contributed by atoms with Gasteiger partial charge in [0, 0.05) is 18.0 Å². The molecule has 0 radical (unpaired) electrons. The zero-order valence-corrected chi connectivity index (χ0v) is 12.1. The smallest absolute Gasteiger partial charge is 0.309 e. The lowest BCUT2D eigenvalue weighted by Gasteiger charge is -2.04. The Morgan fingerprint density at radius 2 is 2.09 bits per heavy atom. The molecule has 112 valence electrons. The van der Waals surface area contributed by atoms with E-state index in [2.05, 4.69) is 9.97 Å². The average Bonchev–Trinajstić information content (AvgIpc) is 2.88. The Morgan fingerprint density at radius 3 is 2.77 bits per heavy atom. The number of carbonyl (C=O) groups is 1. The Labute approximate surface area is 127 Å². The van der Waals surface area contributed by atoms with E-state index >= 15 is 0 Å². The van der Waals surface area contributed by atoms with Crippen LogP contribution in [0.4, 0.5) is 0 Å². The number of nitrogens with zero attached hydrogens (tertiary/aromatic N) is 3. The van der Waals surface area contributed by atoms with Crippen molar-refractivity contribution in [2.45, 2.75) is 13.3 Å². The van der Waals surface area contributed by atoms with Gasteiger partial charge in [0.25, 0.3) is 5.88 Å². The van der Waals surface area contributed by atoms with Crippen LogP contribution in [0.1, 0.15) is 12.6 Å². The number of fused-ring (bicyclic) bond motifs is 1. The van der Waals surface area contributed by atoms with E-state index in [9.17, 15) is 9.90 Å². The first kappa shape index (κ1) is 14.1. The second kappa shape index (κ2) is 5.85. The quantitative estimate of drug-likeness (QED) is 0.782. The SMILES string of the molecule is CCOc1nccn2c(CC(=O)O)c(-c3ccccc3)nc12. The van der Waals surface area contributed by atoms with Crippen molar-refractivity contribution >= 4 is 11.6 Å². The maximum Gasteiger partial charge on any atom is 0.309 e. The van der Waals surface area contributed by atoms with E-state index in [0.717, 1.165) is 5.56 Å². The molecule has 1 N–H and O–H groups in total. The molecule has 2 heterocycles. The van der Waals surface area contributed by atoms with Gasteiger partial charge in [-0.1, -0.05) is 30.3 Å². The van der Waals surface area contributed by atoms with Gasteiger partial charge in [-0.05, 0) is 6.92 Å². The Morgan fingerprint density at radius 1 is 1.32 bits per heavy atom. The Balaban J connectivity index is 2.26. The molecule has 0 amide bonds. The minimum Gasteiger partial charge on any atom is -0.481 e. The predicted octanol–water partition coefficient (Wildman–Crippen LogP) is 2.42. The molecule has 0 aliphatic carbocycles. The van der Waals surface area contributed by atoms with Crippen LogP contribution in [-0.4, -0.2) is 32.1 Å². The summed E-state index contributed by atoms with van der Waals surface area (Å²) in [6, 6.07) is 9.50. The van der Waals surface area contributed by atoms with Crippen molar-refractivity contribution in [1.82, 2.24) is 14.4 Å². The summed E-state index contributed by atoms with van der Waals surface area (Å²) in [4.78, 5) is 20.0. The third-order valence-electron chi connectivity index (χ3n) is 3.26. The topological polar surface area (TPSA) is 76.7 Å². The predicted molar refractivity (Wildman–Crippen MR) is 80.9 cm³/mol. The highest BCUT2D eigenvalue weighted by atomic mass is 16.5. The van der Waals surface area contributed by atoms with Gasteiger partial charge in [0.05, 0.1) is 24.4 Å². The first-order chi connectivity index (χ1) is 10.7. The number of rotatable bonds is 5. The van der Waals surface area contributed by atoms with Gasteiger partial charge in [-0.25, -0.2) is 9.97 Å². The van der Waals surface area contributed by atoms with Crippen LogP contribution in [-0.2, 0) is 11.2 Å². The monoisotopic (exact) mass is 297 g/mol. The van der Waals surface area contributed by atoms with E-state index in [1.807, 2.05) is 37.3 Å². The summed E-state index contributed by atoms with van der Waals surface area (Å²) in [5, 5.41) is 9.20.